The maximum Gasteiger partial charge on any atom is 0.322 e. The van der Waals surface area contributed by atoms with Crippen molar-refractivity contribution >= 4 is 11.9 Å². The number of carbonyl (C=O) groups is 2. The van der Waals surface area contributed by atoms with Crippen LogP contribution in [0, 0.1) is 6.92 Å². The van der Waals surface area contributed by atoms with E-state index < -0.39 is 5.97 Å². The summed E-state index contributed by atoms with van der Waals surface area (Å²) < 4.78 is 1.71. The van der Waals surface area contributed by atoms with Crippen molar-refractivity contribution in [3.05, 3.63) is 23.5 Å². The van der Waals surface area contributed by atoms with Crippen LogP contribution in [-0.2, 0) is 11.8 Å². The third-order valence-corrected chi connectivity index (χ3v) is 2.01. The molecule has 5 nitrogen and oxygen atoms in total. The van der Waals surface area contributed by atoms with Gasteiger partial charge in [-0.15, -0.1) is 0 Å². The Kier molecular flexibility index (Phi) is 2.91. The van der Waals surface area contributed by atoms with E-state index in [9.17, 15) is 9.59 Å². The van der Waals surface area contributed by atoms with Gasteiger partial charge in [-0.3, -0.25) is 9.59 Å². The van der Waals surface area contributed by atoms with E-state index in [1.807, 2.05) is 6.92 Å². The normalized spacial score (nSPS) is 9.86. The van der Waals surface area contributed by atoms with Crippen LogP contribution in [-0.4, -0.2) is 28.1 Å². The maximum atomic E-state index is 11.4. The molecule has 0 saturated heterocycles. The summed E-state index contributed by atoms with van der Waals surface area (Å²) >= 11 is 0. The summed E-state index contributed by atoms with van der Waals surface area (Å²) in [4.78, 5) is 21.6. The van der Waals surface area contributed by atoms with Crippen LogP contribution in [0.1, 0.15) is 16.2 Å². The van der Waals surface area contributed by atoms with Gasteiger partial charge in [-0.25, -0.2) is 0 Å². The third-order valence-electron chi connectivity index (χ3n) is 2.01. The Morgan fingerprint density at radius 2 is 2.14 bits per heavy atom. The van der Waals surface area contributed by atoms with Crippen molar-refractivity contribution in [1.82, 2.24) is 9.88 Å². The molecule has 1 rings (SSSR count). The first-order valence-corrected chi connectivity index (χ1v) is 4.14. The Labute approximate surface area is 81.3 Å². The molecule has 0 aromatic carbocycles. The molecule has 0 bridgehead atoms. The number of carbonyl (C=O) groups excluding carboxylic acids is 1. The zero-order valence-corrected chi connectivity index (χ0v) is 8.07. The van der Waals surface area contributed by atoms with E-state index in [1.54, 1.807) is 23.7 Å². The molecule has 76 valence electrons. The van der Waals surface area contributed by atoms with Gasteiger partial charge < -0.3 is 15.0 Å². The van der Waals surface area contributed by atoms with Crippen molar-refractivity contribution < 1.29 is 14.7 Å². The molecule has 0 spiro atoms. The van der Waals surface area contributed by atoms with Crippen molar-refractivity contribution in [1.29, 1.82) is 0 Å². The van der Waals surface area contributed by atoms with Gasteiger partial charge in [-0.05, 0) is 19.1 Å². The van der Waals surface area contributed by atoms with Crippen LogP contribution in [0.4, 0.5) is 0 Å². The van der Waals surface area contributed by atoms with Crippen molar-refractivity contribution in [2.24, 2.45) is 7.05 Å². The van der Waals surface area contributed by atoms with E-state index in [0.717, 1.165) is 5.69 Å². The molecule has 0 saturated carbocycles. The zero-order chi connectivity index (χ0) is 10.7. The number of aromatic nitrogens is 1. The van der Waals surface area contributed by atoms with E-state index >= 15 is 0 Å². The molecule has 2 N–H and O–H groups in total. The first-order valence-electron chi connectivity index (χ1n) is 4.14. The summed E-state index contributed by atoms with van der Waals surface area (Å²) in [5, 5.41) is 10.7. The van der Waals surface area contributed by atoms with Crippen molar-refractivity contribution in [3.8, 4) is 0 Å². The minimum Gasteiger partial charge on any atom is -0.480 e. The monoisotopic (exact) mass is 196 g/mol. The lowest BCUT2D eigenvalue weighted by atomic mass is 10.4. The molecule has 14 heavy (non-hydrogen) atoms. The Balaban J connectivity index is 2.70. The molecule has 0 radical (unpaired) electrons. The molecule has 0 unspecified atom stereocenters. The zero-order valence-electron chi connectivity index (χ0n) is 8.07. The number of aryl methyl sites for hydroxylation is 1. The highest BCUT2D eigenvalue weighted by Crippen LogP contribution is 2.04. The molecular weight excluding hydrogens is 184 g/mol. The maximum absolute atomic E-state index is 11.4. The molecule has 0 atom stereocenters. The van der Waals surface area contributed by atoms with Gasteiger partial charge in [0.2, 0.25) is 0 Å². The van der Waals surface area contributed by atoms with Gasteiger partial charge in [0.1, 0.15) is 12.2 Å². The highest BCUT2D eigenvalue weighted by molar-refractivity contribution is 5.94. The van der Waals surface area contributed by atoms with Gasteiger partial charge in [0.05, 0.1) is 0 Å². The number of rotatable bonds is 3. The van der Waals surface area contributed by atoms with Crippen LogP contribution in [0.15, 0.2) is 12.1 Å². The molecular formula is C9H12N2O3. The van der Waals surface area contributed by atoms with Gasteiger partial charge in [0.25, 0.3) is 5.91 Å². The molecule has 1 aromatic heterocycles. The smallest absolute Gasteiger partial charge is 0.322 e. The molecule has 0 aliphatic heterocycles. The van der Waals surface area contributed by atoms with Gasteiger partial charge in [-0.1, -0.05) is 0 Å². The molecule has 1 heterocycles. The lowest BCUT2D eigenvalue weighted by Crippen LogP contribution is -2.30. The van der Waals surface area contributed by atoms with E-state index in [-0.39, 0.29) is 12.5 Å². The Hall–Kier alpha value is -1.78. The Morgan fingerprint density at radius 3 is 2.57 bits per heavy atom. The average molecular weight is 196 g/mol. The van der Waals surface area contributed by atoms with Crippen LogP contribution in [0.25, 0.3) is 0 Å². The molecule has 1 amide bonds. The summed E-state index contributed by atoms with van der Waals surface area (Å²) in [7, 11) is 1.75. The number of hydrogen-bond acceptors (Lipinski definition) is 2. The topological polar surface area (TPSA) is 71.3 Å². The lowest BCUT2D eigenvalue weighted by molar-refractivity contribution is -0.135. The SMILES string of the molecule is Cc1ccc(C(=O)NCC(=O)O)n1C. The molecule has 0 fully saturated rings. The number of aliphatic carboxylic acids is 1. The number of carboxylic acids is 1. The summed E-state index contributed by atoms with van der Waals surface area (Å²) in [5.41, 5.74) is 1.41. The number of nitrogens with one attached hydrogen (secondary N) is 1. The van der Waals surface area contributed by atoms with Crippen LogP contribution >= 0.6 is 0 Å². The molecule has 1 aromatic rings. The fourth-order valence-corrected chi connectivity index (χ4v) is 1.09. The minimum atomic E-state index is -1.05. The van der Waals surface area contributed by atoms with Crippen molar-refractivity contribution in [3.63, 3.8) is 0 Å². The molecule has 0 aliphatic rings. The van der Waals surface area contributed by atoms with Gasteiger partial charge in [0, 0.05) is 12.7 Å². The predicted molar refractivity (Wildman–Crippen MR) is 50.1 cm³/mol. The standard InChI is InChI=1S/C9H12N2O3/c1-6-3-4-7(11(6)2)9(14)10-5-8(12)13/h3-4H,5H2,1-2H3,(H,10,14)(H,12,13). The quantitative estimate of drug-likeness (QED) is 0.722. The van der Waals surface area contributed by atoms with E-state index in [1.165, 1.54) is 0 Å². The average Bonchev–Trinajstić information content (AvgIpc) is 2.44. The van der Waals surface area contributed by atoms with Gasteiger partial charge in [0.15, 0.2) is 0 Å². The van der Waals surface area contributed by atoms with Crippen molar-refractivity contribution in [2.75, 3.05) is 6.54 Å². The Morgan fingerprint density at radius 1 is 1.50 bits per heavy atom. The lowest BCUT2D eigenvalue weighted by Gasteiger charge is -2.04. The Bertz CT molecular complexity index is 368. The number of nitrogens with zero attached hydrogens (tertiary/aromatic N) is 1. The van der Waals surface area contributed by atoms with Crippen LogP contribution in [0.3, 0.4) is 0 Å². The third kappa shape index (κ3) is 2.12. The van der Waals surface area contributed by atoms with Crippen LogP contribution < -0.4 is 5.32 Å². The van der Waals surface area contributed by atoms with Crippen LogP contribution in [0.2, 0.25) is 0 Å². The summed E-state index contributed by atoms with van der Waals surface area (Å²) in [5.74, 6) is -1.42. The van der Waals surface area contributed by atoms with E-state index in [0.29, 0.717) is 5.69 Å². The summed E-state index contributed by atoms with van der Waals surface area (Å²) in [6, 6.07) is 3.46. The summed E-state index contributed by atoms with van der Waals surface area (Å²) in [6.07, 6.45) is 0. The minimum absolute atomic E-state index is 0.358. The first-order chi connectivity index (χ1) is 6.52. The number of hydrogen-bond donors (Lipinski definition) is 2. The van der Waals surface area contributed by atoms with E-state index in [2.05, 4.69) is 5.32 Å². The van der Waals surface area contributed by atoms with Gasteiger partial charge in [-0.2, -0.15) is 0 Å². The van der Waals surface area contributed by atoms with Crippen LogP contribution in [0.5, 0.6) is 0 Å². The predicted octanol–water partition coefficient (Wildman–Crippen LogP) is 0.148. The summed E-state index contributed by atoms with van der Waals surface area (Å²) in [6.45, 7) is 1.51. The number of amides is 1. The highest BCUT2D eigenvalue weighted by atomic mass is 16.4. The fourth-order valence-electron chi connectivity index (χ4n) is 1.09. The second kappa shape index (κ2) is 3.95. The first kappa shape index (κ1) is 10.3. The number of carboxylic acid groups (broad SMARTS) is 1. The van der Waals surface area contributed by atoms with Crippen molar-refractivity contribution in [2.45, 2.75) is 6.92 Å². The molecule has 0 aliphatic carbocycles. The second-order valence-corrected chi connectivity index (χ2v) is 3.00. The highest BCUT2D eigenvalue weighted by Gasteiger charge is 2.10. The second-order valence-electron chi connectivity index (χ2n) is 3.00. The fraction of sp³-hybridized carbons (Fsp3) is 0.333. The van der Waals surface area contributed by atoms with E-state index in [4.69, 9.17) is 5.11 Å². The largest absolute Gasteiger partial charge is 0.480 e. The van der Waals surface area contributed by atoms with Gasteiger partial charge >= 0.3 is 5.97 Å². The molecule has 5 heteroatoms.